The SMILES string of the molecule is CCNC1c2c(sc(C)c2O)S(=O)(=O)C(O)C1(O)O. The molecule has 0 radical (unpaired) electrons. The lowest BCUT2D eigenvalue weighted by Gasteiger charge is -2.38. The molecule has 1 aliphatic rings. The fourth-order valence-electron chi connectivity index (χ4n) is 2.14. The third-order valence-corrected chi connectivity index (χ3v) is 6.62. The minimum absolute atomic E-state index is 0.0975. The van der Waals surface area contributed by atoms with Gasteiger partial charge in [0.25, 0.3) is 0 Å². The number of aryl methyl sites for hydroxylation is 1. The van der Waals surface area contributed by atoms with E-state index in [9.17, 15) is 28.8 Å². The Bertz CT molecular complexity index is 606. The van der Waals surface area contributed by atoms with Crippen LogP contribution in [0.25, 0.3) is 0 Å². The molecule has 0 bridgehead atoms. The molecule has 1 aromatic heterocycles. The Hall–Kier alpha value is -0.710. The van der Waals surface area contributed by atoms with Crippen LogP contribution in [-0.4, -0.2) is 46.6 Å². The maximum absolute atomic E-state index is 12.0. The normalized spacial score (nSPS) is 28.1. The van der Waals surface area contributed by atoms with Crippen LogP contribution in [-0.2, 0) is 9.84 Å². The van der Waals surface area contributed by atoms with E-state index < -0.39 is 27.1 Å². The van der Waals surface area contributed by atoms with E-state index in [1.807, 2.05) is 0 Å². The molecule has 0 saturated carbocycles. The van der Waals surface area contributed by atoms with Gasteiger partial charge in [0, 0.05) is 10.4 Å². The lowest BCUT2D eigenvalue weighted by atomic mass is 9.99. The van der Waals surface area contributed by atoms with E-state index >= 15 is 0 Å². The highest BCUT2D eigenvalue weighted by Crippen LogP contribution is 2.49. The number of fused-ring (bicyclic) bond motifs is 1. The second-order valence-electron chi connectivity index (χ2n) is 4.38. The van der Waals surface area contributed by atoms with Crippen molar-refractivity contribution in [3.05, 3.63) is 10.4 Å². The number of aliphatic hydroxyl groups is 3. The van der Waals surface area contributed by atoms with Crippen LogP contribution in [0.2, 0.25) is 0 Å². The van der Waals surface area contributed by atoms with Gasteiger partial charge in [-0.25, -0.2) is 8.42 Å². The Kier molecular flexibility index (Phi) is 3.40. The number of hydrogen-bond donors (Lipinski definition) is 5. The molecule has 2 unspecified atom stereocenters. The van der Waals surface area contributed by atoms with Crippen LogP contribution in [0.3, 0.4) is 0 Å². The fraction of sp³-hybridized carbons (Fsp3) is 0.600. The predicted molar refractivity (Wildman–Crippen MR) is 67.5 cm³/mol. The van der Waals surface area contributed by atoms with Gasteiger partial charge < -0.3 is 25.7 Å². The smallest absolute Gasteiger partial charge is 0.225 e. The summed E-state index contributed by atoms with van der Waals surface area (Å²) < 4.78 is 23.8. The molecule has 0 aliphatic carbocycles. The molecule has 0 saturated heterocycles. The summed E-state index contributed by atoms with van der Waals surface area (Å²) in [4.78, 5) is 0.335. The Labute approximate surface area is 114 Å². The Morgan fingerprint density at radius 1 is 1.42 bits per heavy atom. The first-order valence-corrected chi connectivity index (χ1v) is 7.94. The number of rotatable bonds is 2. The number of thiophene rings is 1. The van der Waals surface area contributed by atoms with Crippen molar-refractivity contribution in [1.82, 2.24) is 5.32 Å². The van der Waals surface area contributed by atoms with Crippen LogP contribution in [0.5, 0.6) is 5.75 Å². The van der Waals surface area contributed by atoms with Crippen LogP contribution in [0.4, 0.5) is 0 Å². The highest BCUT2D eigenvalue weighted by atomic mass is 32.2. The topological polar surface area (TPSA) is 127 Å². The molecule has 108 valence electrons. The lowest BCUT2D eigenvalue weighted by molar-refractivity contribution is -0.224. The third-order valence-electron chi connectivity index (χ3n) is 3.09. The molecule has 2 atom stereocenters. The summed E-state index contributed by atoms with van der Waals surface area (Å²) >= 11 is 0.798. The number of hydrogen-bond acceptors (Lipinski definition) is 8. The first-order chi connectivity index (χ1) is 8.65. The van der Waals surface area contributed by atoms with Crippen molar-refractivity contribution in [2.24, 2.45) is 0 Å². The van der Waals surface area contributed by atoms with Crippen molar-refractivity contribution >= 4 is 21.2 Å². The van der Waals surface area contributed by atoms with Crippen molar-refractivity contribution in [2.75, 3.05) is 6.54 Å². The zero-order chi connectivity index (χ0) is 14.6. The average Bonchev–Trinajstić information content (AvgIpc) is 2.61. The van der Waals surface area contributed by atoms with E-state index in [0.717, 1.165) is 11.3 Å². The summed E-state index contributed by atoms with van der Waals surface area (Å²) in [5, 5.41) is 42.1. The molecule has 1 aliphatic heterocycles. The van der Waals surface area contributed by atoms with Crippen molar-refractivity contribution < 1.29 is 28.8 Å². The third kappa shape index (κ3) is 1.89. The summed E-state index contributed by atoms with van der Waals surface area (Å²) in [6.45, 7) is 3.50. The summed E-state index contributed by atoms with van der Waals surface area (Å²) in [5.41, 5.74) is -2.46. The van der Waals surface area contributed by atoms with Crippen LogP contribution < -0.4 is 5.32 Å². The van der Waals surface area contributed by atoms with Crippen molar-refractivity contribution in [2.45, 2.75) is 35.3 Å². The number of sulfone groups is 1. The van der Waals surface area contributed by atoms with Crippen LogP contribution in [0.1, 0.15) is 23.4 Å². The maximum atomic E-state index is 12.0. The zero-order valence-corrected chi connectivity index (χ0v) is 11.9. The zero-order valence-electron chi connectivity index (χ0n) is 10.3. The van der Waals surface area contributed by atoms with E-state index in [4.69, 9.17) is 0 Å². The fourth-order valence-corrected chi connectivity index (χ4v) is 5.37. The largest absolute Gasteiger partial charge is 0.506 e. The van der Waals surface area contributed by atoms with Gasteiger partial charge in [-0.2, -0.15) is 0 Å². The second kappa shape index (κ2) is 4.40. The van der Waals surface area contributed by atoms with Gasteiger partial charge in [0.1, 0.15) is 9.96 Å². The molecular weight excluding hydrogens is 294 g/mol. The highest BCUT2D eigenvalue weighted by Gasteiger charge is 2.57. The van der Waals surface area contributed by atoms with Gasteiger partial charge >= 0.3 is 0 Å². The monoisotopic (exact) mass is 309 g/mol. The van der Waals surface area contributed by atoms with Crippen molar-refractivity contribution in [3.8, 4) is 5.75 Å². The summed E-state index contributed by atoms with van der Waals surface area (Å²) in [5.74, 6) is -3.21. The molecule has 0 spiro atoms. The maximum Gasteiger partial charge on any atom is 0.225 e. The summed E-state index contributed by atoms with van der Waals surface area (Å²) in [6.07, 6.45) is 0. The van der Waals surface area contributed by atoms with Gasteiger partial charge in [-0.05, 0) is 13.5 Å². The minimum Gasteiger partial charge on any atom is -0.506 e. The van der Waals surface area contributed by atoms with Crippen molar-refractivity contribution in [1.29, 1.82) is 0 Å². The van der Waals surface area contributed by atoms with Gasteiger partial charge in [-0.15, -0.1) is 11.3 Å². The molecule has 19 heavy (non-hydrogen) atoms. The Morgan fingerprint density at radius 2 is 2.00 bits per heavy atom. The van der Waals surface area contributed by atoms with Gasteiger partial charge in [0.2, 0.25) is 21.1 Å². The van der Waals surface area contributed by atoms with E-state index in [1.54, 1.807) is 6.92 Å². The number of aromatic hydroxyl groups is 1. The first-order valence-electron chi connectivity index (χ1n) is 5.58. The Morgan fingerprint density at radius 3 is 2.53 bits per heavy atom. The minimum atomic E-state index is -4.31. The van der Waals surface area contributed by atoms with Crippen LogP contribution in [0.15, 0.2) is 4.21 Å². The molecule has 2 rings (SSSR count). The second-order valence-corrected chi connectivity index (χ2v) is 7.81. The molecule has 9 heteroatoms. The predicted octanol–water partition coefficient (Wildman–Crippen LogP) is -0.801. The van der Waals surface area contributed by atoms with Gasteiger partial charge in [-0.3, -0.25) is 0 Å². The molecule has 1 aromatic rings. The quantitative estimate of drug-likeness (QED) is 0.453. The van der Waals surface area contributed by atoms with Gasteiger partial charge in [0.05, 0.1) is 6.04 Å². The van der Waals surface area contributed by atoms with Crippen LogP contribution >= 0.6 is 11.3 Å². The van der Waals surface area contributed by atoms with E-state index in [2.05, 4.69) is 5.32 Å². The molecule has 5 N–H and O–H groups in total. The average molecular weight is 309 g/mol. The highest BCUT2D eigenvalue weighted by molar-refractivity contribution is 7.94. The summed E-state index contributed by atoms with van der Waals surface area (Å²) in [6, 6.07) is -1.28. The van der Waals surface area contributed by atoms with Gasteiger partial charge in [-0.1, -0.05) is 6.92 Å². The molecular formula is C10H15NO6S2. The van der Waals surface area contributed by atoms with Crippen molar-refractivity contribution in [3.63, 3.8) is 0 Å². The van der Waals surface area contributed by atoms with E-state index in [0.29, 0.717) is 11.4 Å². The first kappa shape index (κ1) is 14.7. The number of nitrogens with one attached hydrogen (secondary N) is 1. The molecule has 0 aromatic carbocycles. The Balaban J connectivity index is 2.78. The summed E-state index contributed by atoms with van der Waals surface area (Å²) in [7, 11) is -4.31. The number of likely N-dealkylation sites (N-methyl/N-ethyl adjacent to an activating group) is 1. The molecule has 0 amide bonds. The molecule has 7 nitrogen and oxygen atoms in total. The lowest BCUT2D eigenvalue weighted by Crippen LogP contribution is -2.58. The van der Waals surface area contributed by atoms with Gasteiger partial charge in [0.15, 0.2) is 0 Å². The van der Waals surface area contributed by atoms with E-state index in [1.165, 1.54) is 6.92 Å². The van der Waals surface area contributed by atoms with Crippen LogP contribution in [0, 0.1) is 6.92 Å². The van der Waals surface area contributed by atoms with E-state index in [-0.39, 0.29) is 15.5 Å². The molecule has 2 heterocycles. The molecule has 0 fully saturated rings. The number of aliphatic hydroxyl groups excluding tert-OH is 1. The standard InChI is InChI=1S/C10H15NO6S2/c1-3-11-7-5-6(12)4(2)18-8(5)19(16,17)9(13)10(7,14)15/h7,9,11-15H,3H2,1-2H3.